The van der Waals surface area contributed by atoms with E-state index >= 15 is 0 Å². The van der Waals surface area contributed by atoms with Crippen LogP contribution in [0.4, 0.5) is 5.88 Å². The van der Waals surface area contributed by atoms with Gasteiger partial charge in [0.05, 0.1) is 15.5 Å². The van der Waals surface area contributed by atoms with Crippen LogP contribution < -0.4 is 5.32 Å². The van der Waals surface area contributed by atoms with E-state index < -0.39 is 9.84 Å². The molecule has 0 amide bonds. The number of aromatic nitrogens is 1. The zero-order chi connectivity index (χ0) is 20.3. The molecule has 148 valence electrons. The lowest BCUT2D eigenvalue weighted by molar-refractivity contribution is 0.423. The summed E-state index contributed by atoms with van der Waals surface area (Å²) in [5, 5.41) is 3.33. The molecule has 0 fully saturated rings. The van der Waals surface area contributed by atoms with Crippen LogP contribution in [0.2, 0.25) is 5.02 Å². The van der Waals surface area contributed by atoms with Crippen molar-refractivity contribution in [2.45, 2.75) is 16.8 Å². The monoisotopic (exact) mass is 419 g/mol. The number of nitrogens with zero attached hydrogens (tertiary/aromatic N) is 2. The molecule has 8 heteroatoms. The van der Waals surface area contributed by atoms with Crippen molar-refractivity contribution in [3.63, 3.8) is 0 Å². The fraction of sp³-hybridized carbons (Fsp3) is 0.250. The van der Waals surface area contributed by atoms with Crippen molar-refractivity contribution >= 4 is 27.3 Å². The van der Waals surface area contributed by atoms with Crippen LogP contribution >= 0.6 is 11.6 Å². The third-order valence-corrected chi connectivity index (χ3v) is 6.14. The second kappa shape index (κ2) is 8.34. The molecule has 0 spiro atoms. The van der Waals surface area contributed by atoms with Crippen molar-refractivity contribution in [3.8, 4) is 11.5 Å². The number of anilines is 1. The second-order valence-corrected chi connectivity index (χ2v) is 8.95. The molecule has 28 heavy (non-hydrogen) atoms. The zero-order valence-electron chi connectivity index (χ0n) is 15.9. The number of hydrogen-bond donors (Lipinski definition) is 1. The van der Waals surface area contributed by atoms with Crippen LogP contribution in [0.5, 0.6) is 0 Å². The Morgan fingerprint density at radius 3 is 2.43 bits per heavy atom. The lowest BCUT2D eigenvalue weighted by Gasteiger charge is -2.10. The van der Waals surface area contributed by atoms with Crippen molar-refractivity contribution in [2.24, 2.45) is 0 Å². The van der Waals surface area contributed by atoms with Crippen molar-refractivity contribution in [2.75, 3.05) is 32.5 Å². The molecule has 6 nitrogen and oxygen atoms in total. The Balaban J connectivity index is 2.07. The smallest absolute Gasteiger partial charge is 0.233 e. The molecule has 2 aromatic carbocycles. The van der Waals surface area contributed by atoms with E-state index in [1.165, 1.54) is 0 Å². The summed E-state index contributed by atoms with van der Waals surface area (Å²) in [6.45, 7) is 3.10. The Bertz CT molecular complexity index is 1060. The van der Waals surface area contributed by atoms with Gasteiger partial charge in [0.15, 0.2) is 0 Å². The molecule has 0 atom stereocenters. The van der Waals surface area contributed by atoms with E-state index in [9.17, 15) is 8.42 Å². The molecule has 0 unspecified atom stereocenters. The van der Waals surface area contributed by atoms with E-state index in [0.29, 0.717) is 23.7 Å². The number of hydrogen-bond acceptors (Lipinski definition) is 6. The average Bonchev–Trinajstić information content (AvgIpc) is 3.07. The molecule has 0 saturated heterocycles. The highest BCUT2D eigenvalue weighted by atomic mass is 35.5. The fourth-order valence-electron chi connectivity index (χ4n) is 2.57. The third kappa shape index (κ3) is 4.38. The summed E-state index contributed by atoms with van der Waals surface area (Å²) in [4.78, 5) is 6.43. The van der Waals surface area contributed by atoms with Gasteiger partial charge in [0.2, 0.25) is 26.6 Å². The Morgan fingerprint density at radius 2 is 1.79 bits per heavy atom. The number of oxazole rings is 1. The van der Waals surface area contributed by atoms with Crippen LogP contribution in [0.1, 0.15) is 5.56 Å². The average molecular weight is 420 g/mol. The maximum Gasteiger partial charge on any atom is 0.233 e. The van der Waals surface area contributed by atoms with Gasteiger partial charge in [-0.15, -0.1) is 0 Å². The number of halogens is 1. The highest BCUT2D eigenvalue weighted by Gasteiger charge is 2.29. The van der Waals surface area contributed by atoms with Gasteiger partial charge in [-0.2, -0.15) is 4.98 Å². The topological polar surface area (TPSA) is 75.4 Å². The molecule has 1 heterocycles. The summed E-state index contributed by atoms with van der Waals surface area (Å²) < 4.78 is 32.2. The Kier molecular flexibility index (Phi) is 6.07. The number of benzene rings is 2. The predicted octanol–water partition coefficient (Wildman–Crippen LogP) is 4.11. The molecule has 0 bridgehead atoms. The van der Waals surface area contributed by atoms with E-state index in [2.05, 4.69) is 10.3 Å². The maximum absolute atomic E-state index is 13.2. The number of likely N-dealkylation sites (N-methyl/N-ethyl adjacent to an activating group) is 1. The first kappa shape index (κ1) is 20.4. The molecule has 1 aromatic heterocycles. The Hall–Kier alpha value is -2.35. The third-order valence-electron chi connectivity index (χ3n) is 4.13. The van der Waals surface area contributed by atoms with Crippen LogP contribution in [0.15, 0.2) is 62.9 Å². The molecule has 0 saturated carbocycles. The predicted molar refractivity (Wildman–Crippen MR) is 111 cm³/mol. The van der Waals surface area contributed by atoms with E-state index in [1.807, 2.05) is 25.9 Å². The summed E-state index contributed by atoms with van der Waals surface area (Å²) in [6, 6.07) is 13.7. The summed E-state index contributed by atoms with van der Waals surface area (Å²) in [6.07, 6.45) is 0. The van der Waals surface area contributed by atoms with Crippen LogP contribution in [0.25, 0.3) is 11.5 Å². The lowest BCUT2D eigenvalue weighted by Crippen LogP contribution is -2.21. The van der Waals surface area contributed by atoms with Gasteiger partial charge in [0, 0.05) is 13.1 Å². The van der Waals surface area contributed by atoms with Crippen LogP contribution in [0.3, 0.4) is 0 Å². The first-order valence-corrected chi connectivity index (χ1v) is 10.6. The zero-order valence-corrected chi connectivity index (χ0v) is 17.5. The quantitative estimate of drug-likeness (QED) is 0.621. The standard InChI is InChI=1S/C20H22ClN3O3S/c1-14-8-10-15(11-9-14)28(25,26)20-19(22-12-13-24(2)3)27-18(23-20)16-6-4-5-7-17(16)21/h4-11,22H,12-13H2,1-3H3. The highest BCUT2D eigenvalue weighted by molar-refractivity contribution is 7.91. The molecule has 3 rings (SSSR count). The van der Waals surface area contributed by atoms with Crippen LogP contribution in [-0.2, 0) is 9.84 Å². The van der Waals surface area contributed by atoms with Gasteiger partial charge in [-0.05, 0) is 45.3 Å². The number of rotatable bonds is 7. The minimum absolute atomic E-state index is 0.109. The number of aryl methyl sites for hydroxylation is 1. The molecular formula is C20H22ClN3O3S. The van der Waals surface area contributed by atoms with Gasteiger partial charge in [0.25, 0.3) is 0 Å². The largest absolute Gasteiger partial charge is 0.419 e. The van der Waals surface area contributed by atoms with Crippen LogP contribution in [-0.4, -0.2) is 45.5 Å². The fourth-order valence-corrected chi connectivity index (χ4v) is 4.07. The molecule has 0 radical (unpaired) electrons. The highest BCUT2D eigenvalue weighted by Crippen LogP contribution is 2.34. The van der Waals surface area contributed by atoms with E-state index in [4.69, 9.17) is 16.0 Å². The molecule has 1 N–H and O–H groups in total. The number of nitrogens with one attached hydrogen (secondary N) is 1. The minimum atomic E-state index is -3.86. The summed E-state index contributed by atoms with van der Waals surface area (Å²) >= 11 is 6.24. The first-order chi connectivity index (χ1) is 13.3. The van der Waals surface area contributed by atoms with Gasteiger partial charge < -0.3 is 14.6 Å². The van der Waals surface area contributed by atoms with Crippen molar-refractivity contribution in [1.82, 2.24) is 9.88 Å². The van der Waals surface area contributed by atoms with Gasteiger partial charge in [0.1, 0.15) is 0 Å². The van der Waals surface area contributed by atoms with E-state index in [-0.39, 0.29) is 21.7 Å². The van der Waals surface area contributed by atoms with E-state index in [1.54, 1.807) is 48.5 Å². The first-order valence-electron chi connectivity index (χ1n) is 8.75. The molecular weight excluding hydrogens is 398 g/mol. The normalized spacial score (nSPS) is 11.8. The molecule has 0 aliphatic heterocycles. The minimum Gasteiger partial charge on any atom is -0.419 e. The van der Waals surface area contributed by atoms with E-state index in [0.717, 1.165) is 5.56 Å². The van der Waals surface area contributed by atoms with Gasteiger partial charge in [-0.25, -0.2) is 8.42 Å². The lowest BCUT2D eigenvalue weighted by atomic mass is 10.2. The Morgan fingerprint density at radius 1 is 1.11 bits per heavy atom. The van der Waals surface area contributed by atoms with Gasteiger partial charge in [-0.1, -0.05) is 41.4 Å². The summed E-state index contributed by atoms with van der Waals surface area (Å²) in [5.41, 5.74) is 1.50. The Labute approximate surface area is 170 Å². The summed E-state index contributed by atoms with van der Waals surface area (Å²) in [5.74, 6) is 0.265. The van der Waals surface area contributed by atoms with Crippen molar-refractivity contribution in [3.05, 3.63) is 59.1 Å². The van der Waals surface area contributed by atoms with Crippen LogP contribution in [0, 0.1) is 6.92 Å². The maximum atomic E-state index is 13.2. The number of sulfone groups is 1. The van der Waals surface area contributed by atoms with Gasteiger partial charge >= 0.3 is 0 Å². The molecule has 0 aliphatic rings. The van der Waals surface area contributed by atoms with Crippen molar-refractivity contribution < 1.29 is 12.8 Å². The molecule has 0 aliphatic carbocycles. The van der Waals surface area contributed by atoms with Gasteiger partial charge in [-0.3, -0.25) is 0 Å². The van der Waals surface area contributed by atoms with Crippen molar-refractivity contribution in [1.29, 1.82) is 0 Å². The molecule has 3 aromatic rings. The second-order valence-electron chi connectivity index (χ2n) is 6.68. The summed E-state index contributed by atoms with van der Waals surface area (Å²) in [7, 11) is 0.00236. The SMILES string of the molecule is Cc1ccc(S(=O)(=O)c2nc(-c3ccccc3Cl)oc2NCCN(C)C)cc1.